The van der Waals surface area contributed by atoms with E-state index in [4.69, 9.17) is 9.72 Å². The molecule has 5 heterocycles. The van der Waals surface area contributed by atoms with Crippen LogP contribution in [0.3, 0.4) is 0 Å². The lowest BCUT2D eigenvalue weighted by molar-refractivity contribution is -0.190. The van der Waals surface area contributed by atoms with Crippen LogP contribution in [0.25, 0.3) is 5.82 Å². The normalized spacial score (nSPS) is 21.2. The second-order valence-corrected chi connectivity index (χ2v) is 11.7. The van der Waals surface area contributed by atoms with E-state index in [9.17, 15) is 18.0 Å². The van der Waals surface area contributed by atoms with E-state index >= 15 is 0 Å². The molecule has 1 unspecified atom stereocenters. The molecular formula is C26H28F3N7O2S. The molecule has 2 aliphatic heterocycles. The van der Waals surface area contributed by atoms with Crippen molar-refractivity contribution in [2.45, 2.75) is 62.3 Å². The van der Waals surface area contributed by atoms with Gasteiger partial charge in [0.2, 0.25) is 5.88 Å². The fraction of sp³-hybridized carbons (Fsp3) is 0.462. The van der Waals surface area contributed by atoms with Gasteiger partial charge in [-0.05, 0) is 63.8 Å². The van der Waals surface area contributed by atoms with E-state index in [1.807, 2.05) is 18.2 Å². The van der Waals surface area contributed by atoms with Crippen LogP contribution < -0.4 is 19.7 Å². The lowest BCUT2D eigenvalue weighted by atomic mass is 9.99. The Kier molecular flexibility index (Phi) is 6.16. The number of rotatable bonds is 5. The number of pyridine rings is 2. The molecule has 3 aromatic heterocycles. The number of carbonyl (C=O) groups is 1. The maximum Gasteiger partial charge on any atom is 0.394 e. The summed E-state index contributed by atoms with van der Waals surface area (Å²) >= 11 is 1.14. The van der Waals surface area contributed by atoms with Gasteiger partial charge in [-0.15, -0.1) is 5.10 Å². The Bertz CT molecular complexity index is 1410. The quantitative estimate of drug-likeness (QED) is 0.422. The average Bonchev–Trinajstić information content (AvgIpc) is 3.44. The zero-order valence-electron chi connectivity index (χ0n) is 21.5. The molecule has 1 amide bonds. The van der Waals surface area contributed by atoms with Gasteiger partial charge in [-0.25, -0.2) is 14.6 Å². The number of hydrogen-bond acceptors (Lipinski definition) is 8. The molecule has 13 heteroatoms. The van der Waals surface area contributed by atoms with E-state index in [1.165, 1.54) is 4.68 Å². The minimum absolute atomic E-state index is 0.0702. The molecule has 0 spiro atoms. The highest BCUT2D eigenvalue weighted by Gasteiger charge is 2.62. The topological polar surface area (TPSA) is 97.2 Å². The highest BCUT2D eigenvalue weighted by atomic mass is 32.2. The SMILES string of the molecule is CC1(C)CC2CN1c1nc(-n3ccc(OCCC4(C(F)(F)F)CC4)n3)ccc1C(=O)NSc1cccc(n1)N2. The maximum absolute atomic E-state index is 13.3. The number of halogens is 3. The molecule has 3 aromatic rings. The summed E-state index contributed by atoms with van der Waals surface area (Å²) in [6, 6.07) is 10.7. The molecule has 1 atom stereocenters. The summed E-state index contributed by atoms with van der Waals surface area (Å²) in [6.45, 7) is 4.75. The van der Waals surface area contributed by atoms with Crippen LogP contribution in [0.1, 0.15) is 49.9 Å². The summed E-state index contributed by atoms with van der Waals surface area (Å²) in [5.41, 5.74) is -1.51. The summed E-state index contributed by atoms with van der Waals surface area (Å²) in [6.07, 6.45) is -1.57. The molecule has 2 N–H and O–H groups in total. The number of nitrogens with zero attached hydrogens (tertiary/aromatic N) is 5. The fourth-order valence-corrected chi connectivity index (χ4v) is 5.87. The molecular weight excluding hydrogens is 531 g/mol. The van der Waals surface area contributed by atoms with Gasteiger partial charge in [0, 0.05) is 42.3 Å². The van der Waals surface area contributed by atoms with E-state index < -0.39 is 11.6 Å². The van der Waals surface area contributed by atoms with Crippen molar-refractivity contribution >= 4 is 29.5 Å². The lowest BCUT2D eigenvalue weighted by Crippen LogP contribution is -2.40. The summed E-state index contributed by atoms with van der Waals surface area (Å²) in [5.74, 6) is 1.65. The summed E-state index contributed by atoms with van der Waals surface area (Å²) < 4.78 is 49.5. The third-order valence-electron chi connectivity index (χ3n) is 7.65. The number of alkyl halides is 3. The first-order valence-corrected chi connectivity index (χ1v) is 13.6. The zero-order valence-corrected chi connectivity index (χ0v) is 22.3. The molecule has 0 aromatic carbocycles. The monoisotopic (exact) mass is 559 g/mol. The molecule has 3 aliphatic rings. The van der Waals surface area contributed by atoms with Crippen LogP contribution in [-0.2, 0) is 0 Å². The molecule has 2 fully saturated rings. The van der Waals surface area contributed by atoms with Crippen LogP contribution in [0.15, 0.2) is 47.6 Å². The van der Waals surface area contributed by atoms with E-state index in [0.29, 0.717) is 28.8 Å². The molecule has 0 radical (unpaired) electrons. The number of hydrogen-bond donors (Lipinski definition) is 2. The smallest absolute Gasteiger partial charge is 0.394 e. The Morgan fingerprint density at radius 2 is 1.97 bits per heavy atom. The predicted molar refractivity (Wildman–Crippen MR) is 140 cm³/mol. The van der Waals surface area contributed by atoms with E-state index in [0.717, 1.165) is 24.2 Å². The number of amides is 1. The fourth-order valence-electron chi connectivity index (χ4n) is 5.27. The van der Waals surface area contributed by atoms with Crippen molar-refractivity contribution in [2.75, 3.05) is 23.4 Å². The second kappa shape index (κ2) is 9.32. The van der Waals surface area contributed by atoms with Crippen molar-refractivity contribution in [1.82, 2.24) is 24.5 Å². The Morgan fingerprint density at radius 1 is 1.15 bits per heavy atom. The molecule has 9 nitrogen and oxygen atoms in total. The van der Waals surface area contributed by atoms with Gasteiger partial charge >= 0.3 is 6.18 Å². The van der Waals surface area contributed by atoms with Crippen molar-refractivity contribution < 1.29 is 22.7 Å². The Balaban J connectivity index is 1.26. The predicted octanol–water partition coefficient (Wildman–Crippen LogP) is 4.99. The number of anilines is 2. The number of ether oxygens (including phenoxy) is 1. The zero-order chi connectivity index (χ0) is 27.4. The Hall–Kier alpha value is -3.48. The van der Waals surface area contributed by atoms with Gasteiger partial charge in [0.25, 0.3) is 5.91 Å². The number of fused-ring (bicyclic) bond motifs is 6. The minimum Gasteiger partial charge on any atom is -0.477 e. The highest BCUT2D eigenvalue weighted by Crippen LogP contribution is 2.59. The molecule has 206 valence electrons. The van der Waals surface area contributed by atoms with Gasteiger partial charge < -0.3 is 15.0 Å². The van der Waals surface area contributed by atoms with Crippen molar-refractivity contribution in [1.29, 1.82) is 0 Å². The molecule has 39 heavy (non-hydrogen) atoms. The summed E-state index contributed by atoms with van der Waals surface area (Å²) in [7, 11) is 0. The Labute approximate surface area is 227 Å². The van der Waals surface area contributed by atoms with Crippen LogP contribution in [0, 0.1) is 5.41 Å². The van der Waals surface area contributed by atoms with Crippen molar-refractivity contribution in [3.8, 4) is 11.7 Å². The van der Waals surface area contributed by atoms with Gasteiger partial charge in [-0.2, -0.15) is 13.2 Å². The first kappa shape index (κ1) is 25.8. The summed E-state index contributed by atoms with van der Waals surface area (Å²) in [4.78, 5) is 24.8. The molecule has 1 saturated heterocycles. The third kappa shape index (κ3) is 4.99. The van der Waals surface area contributed by atoms with Gasteiger partial charge in [0.15, 0.2) is 5.82 Å². The van der Waals surface area contributed by atoms with Gasteiger partial charge in [0.05, 0.1) is 17.6 Å². The van der Waals surface area contributed by atoms with Crippen molar-refractivity contribution in [3.05, 3.63) is 48.2 Å². The van der Waals surface area contributed by atoms with Crippen LogP contribution >= 0.6 is 11.9 Å². The largest absolute Gasteiger partial charge is 0.477 e. The van der Waals surface area contributed by atoms with Gasteiger partial charge in [-0.1, -0.05) is 6.07 Å². The van der Waals surface area contributed by atoms with E-state index in [-0.39, 0.29) is 49.2 Å². The second-order valence-electron chi connectivity index (χ2n) is 10.9. The third-order valence-corrected chi connectivity index (χ3v) is 8.37. The van der Waals surface area contributed by atoms with E-state index in [1.54, 1.807) is 24.4 Å². The first-order valence-electron chi connectivity index (χ1n) is 12.8. The van der Waals surface area contributed by atoms with Gasteiger partial charge in [-0.3, -0.25) is 9.52 Å². The van der Waals surface area contributed by atoms with Crippen molar-refractivity contribution in [2.24, 2.45) is 5.41 Å². The van der Waals surface area contributed by atoms with Gasteiger partial charge in [0.1, 0.15) is 16.7 Å². The maximum atomic E-state index is 13.3. The van der Waals surface area contributed by atoms with E-state index in [2.05, 4.69) is 38.9 Å². The highest BCUT2D eigenvalue weighted by molar-refractivity contribution is 7.97. The molecule has 6 rings (SSSR count). The Morgan fingerprint density at radius 3 is 2.74 bits per heavy atom. The van der Waals surface area contributed by atoms with Crippen molar-refractivity contribution in [3.63, 3.8) is 0 Å². The lowest BCUT2D eigenvalue weighted by Gasteiger charge is -2.33. The average molecular weight is 560 g/mol. The minimum atomic E-state index is -4.21. The summed E-state index contributed by atoms with van der Waals surface area (Å²) in [5, 5.41) is 8.55. The number of nitrogens with one attached hydrogen (secondary N) is 2. The molecule has 1 saturated carbocycles. The molecule has 1 aliphatic carbocycles. The number of carbonyl (C=O) groups excluding carboxylic acids is 1. The van der Waals surface area contributed by atoms with Crippen LogP contribution in [0.5, 0.6) is 5.88 Å². The van der Waals surface area contributed by atoms with Crippen LogP contribution in [0.4, 0.5) is 24.8 Å². The standard InChI is InChI=1S/C26H28F3N7O2S/c1-24(2)14-16-15-35(24)22-17(23(37)34-39-21-5-3-4-18(30-16)31-21)6-7-19(32-22)36-12-8-20(33-36)38-13-11-25(9-10-25)26(27,28)29/h3-8,12,16H,9-11,13-15H2,1-2H3,(H,30,31)(H,34,37). The van der Waals surface area contributed by atoms with Crippen LogP contribution in [0.2, 0.25) is 0 Å². The molecule has 4 bridgehead atoms. The first-order chi connectivity index (χ1) is 18.5. The number of aromatic nitrogens is 4. The van der Waals surface area contributed by atoms with Crippen LogP contribution in [-0.4, -0.2) is 56.6 Å².